The SMILES string of the molecule is C[I-]CC(C)C(=O)Oc1c2c3oc1cc3C(=O)O2. The molecule has 0 fully saturated rings. The Balaban J connectivity index is 1.86. The maximum atomic E-state index is 11.8. The predicted molar refractivity (Wildman–Crippen MR) is 57.9 cm³/mol. The summed E-state index contributed by atoms with van der Waals surface area (Å²) in [6, 6.07) is 1.55. The van der Waals surface area contributed by atoms with Crippen molar-refractivity contribution in [3.63, 3.8) is 0 Å². The van der Waals surface area contributed by atoms with Gasteiger partial charge in [0.2, 0.25) is 0 Å². The summed E-state index contributed by atoms with van der Waals surface area (Å²) in [5.41, 5.74) is 1.19. The number of furan rings is 2. The van der Waals surface area contributed by atoms with Crippen LogP contribution in [0, 0.1) is 5.92 Å². The molecule has 6 heteroatoms. The summed E-state index contributed by atoms with van der Waals surface area (Å²) in [7, 11) is 0. The Morgan fingerprint density at radius 3 is 3.06 bits per heavy atom. The molecular weight excluding hydrogens is 351 g/mol. The number of benzene rings is 1. The van der Waals surface area contributed by atoms with Gasteiger partial charge in [0.1, 0.15) is 0 Å². The number of fused-ring (bicyclic) bond motifs is 1. The van der Waals surface area contributed by atoms with E-state index in [0.717, 1.165) is 4.43 Å². The molecular formula is C12H10IO5-. The van der Waals surface area contributed by atoms with Crippen molar-refractivity contribution in [1.29, 1.82) is 0 Å². The van der Waals surface area contributed by atoms with Crippen molar-refractivity contribution < 1.29 is 44.7 Å². The number of alkyl halides is 2. The second-order valence-electron chi connectivity index (χ2n) is 4.14. The van der Waals surface area contributed by atoms with E-state index >= 15 is 0 Å². The summed E-state index contributed by atoms with van der Waals surface area (Å²) in [5, 5.41) is 0. The van der Waals surface area contributed by atoms with Gasteiger partial charge >= 0.3 is 113 Å². The number of carbonyl (C=O) groups excluding carboxylic acids is 2. The molecule has 0 N–H and O–H groups in total. The Bertz CT molecular complexity index is 629. The fourth-order valence-corrected chi connectivity index (χ4v) is 3.55. The topological polar surface area (TPSA) is 65.7 Å². The Kier molecular flexibility index (Phi) is 2.69. The van der Waals surface area contributed by atoms with Crippen LogP contribution in [-0.4, -0.2) is 21.3 Å². The van der Waals surface area contributed by atoms with Gasteiger partial charge in [-0.05, 0) is 0 Å². The zero-order valence-electron chi connectivity index (χ0n) is 9.78. The fraction of sp³-hybridized carbons (Fsp3) is 0.333. The Labute approximate surface area is 113 Å². The maximum absolute atomic E-state index is 11.8. The molecule has 0 amide bonds. The van der Waals surface area contributed by atoms with Gasteiger partial charge in [0, 0.05) is 0 Å². The van der Waals surface area contributed by atoms with Crippen LogP contribution in [0.25, 0.3) is 11.2 Å². The van der Waals surface area contributed by atoms with Gasteiger partial charge in [-0.15, -0.1) is 0 Å². The van der Waals surface area contributed by atoms with Crippen LogP contribution in [0.1, 0.15) is 17.3 Å². The van der Waals surface area contributed by atoms with Crippen LogP contribution in [0.15, 0.2) is 10.5 Å². The van der Waals surface area contributed by atoms with Crippen LogP contribution < -0.4 is 30.7 Å². The number of carbonyl (C=O) groups is 2. The van der Waals surface area contributed by atoms with Crippen LogP contribution >= 0.6 is 0 Å². The van der Waals surface area contributed by atoms with Crippen molar-refractivity contribution in [3.8, 4) is 11.5 Å². The average Bonchev–Trinajstić information content (AvgIpc) is 2.93. The molecule has 2 aromatic heterocycles. The average molecular weight is 361 g/mol. The van der Waals surface area contributed by atoms with Gasteiger partial charge < -0.3 is 0 Å². The Hall–Kier alpha value is -1.31. The third kappa shape index (κ3) is 1.58. The molecule has 3 heterocycles. The molecule has 1 atom stereocenters. The molecule has 1 unspecified atom stereocenters. The monoisotopic (exact) mass is 361 g/mol. The van der Waals surface area contributed by atoms with Gasteiger partial charge in [-0.3, -0.25) is 0 Å². The van der Waals surface area contributed by atoms with Crippen LogP contribution in [0.2, 0.25) is 0 Å². The van der Waals surface area contributed by atoms with Crippen LogP contribution in [0.5, 0.6) is 11.5 Å². The molecule has 0 radical (unpaired) electrons. The van der Waals surface area contributed by atoms with Crippen molar-refractivity contribution in [3.05, 3.63) is 11.6 Å². The number of halogens is 1. The van der Waals surface area contributed by atoms with Gasteiger partial charge in [-0.2, -0.15) is 0 Å². The molecule has 3 rings (SSSR count). The summed E-state index contributed by atoms with van der Waals surface area (Å²) in [4.78, 5) is 25.3. The zero-order chi connectivity index (χ0) is 12.9. The Morgan fingerprint density at radius 1 is 1.56 bits per heavy atom. The fourth-order valence-electron chi connectivity index (χ4n) is 1.87. The molecule has 0 aliphatic carbocycles. The van der Waals surface area contributed by atoms with Gasteiger partial charge in [0.15, 0.2) is 0 Å². The number of esters is 2. The van der Waals surface area contributed by atoms with E-state index < -0.39 is 5.97 Å². The molecule has 5 nitrogen and oxygen atoms in total. The first-order valence-electron chi connectivity index (χ1n) is 5.38. The zero-order valence-corrected chi connectivity index (χ0v) is 11.9. The molecule has 0 spiro atoms. The van der Waals surface area contributed by atoms with E-state index in [1.54, 1.807) is 6.07 Å². The minimum atomic E-state index is -0.450. The van der Waals surface area contributed by atoms with Gasteiger partial charge in [-0.1, -0.05) is 0 Å². The van der Waals surface area contributed by atoms with Crippen LogP contribution in [0.4, 0.5) is 0 Å². The van der Waals surface area contributed by atoms with Gasteiger partial charge in [0.05, 0.1) is 0 Å². The summed E-state index contributed by atoms with van der Waals surface area (Å²) >= 11 is 0.0364. The molecule has 0 aromatic carbocycles. The van der Waals surface area contributed by atoms with Gasteiger partial charge in [0.25, 0.3) is 0 Å². The first-order chi connectivity index (χ1) is 8.61. The number of hydrogen-bond acceptors (Lipinski definition) is 5. The second kappa shape index (κ2) is 4.11. The van der Waals surface area contributed by atoms with E-state index in [4.69, 9.17) is 13.9 Å². The summed E-state index contributed by atoms with van der Waals surface area (Å²) < 4.78 is 16.5. The quantitative estimate of drug-likeness (QED) is 0.292. The molecule has 1 aliphatic heterocycles. The Morgan fingerprint density at radius 2 is 2.33 bits per heavy atom. The molecule has 0 saturated heterocycles. The normalized spacial score (nSPS) is 15.3. The summed E-state index contributed by atoms with van der Waals surface area (Å²) in [6.45, 7) is 1.84. The van der Waals surface area contributed by atoms with E-state index in [1.165, 1.54) is 0 Å². The number of hydrogen-bond donors (Lipinski definition) is 0. The summed E-state index contributed by atoms with van der Waals surface area (Å²) in [6.07, 6.45) is 0. The first-order valence-corrected chi connectivity index (χ1v) is 9.06. The third-order valence-corrected chi connectivity index (χ3v) is 4.98. The number of rotatable bonds is 4. The molecule has 0 saturated carbocycles. The number of ether oxygens (including phenoxy) is 2. The van der Waals surface area contributed by atoms with E-state index in [-0.39, 0.29) is 44.6 Å². The first kappa shape index (κ1) is 11.8. The standard InChI is InChI=1S/C12H10IO5/c1-5(4-13-2)11(14)17-9-7-3-6-8(16-7)10(9)18-12(6)15/h3,5H,4H2,1-2H3/q-1. The predicted octanol–water partition coefficient (Wildman–Crippen LogP) is -1.34. The van der Waals surface area contributed by atoms with E-state index in [1.807, 2.05) is 6.92 Å². The van der Waals surface area contributed by atoms with E-state index in [9.17, 15) is 9.59 Å². The minimum absolute atomic E-state index is 0.0364. The van der Waals surface area contributed by atoms with Crippen LogP contribution in [-0.2, 0) is 4.79 Å². The van der Waals surface area contributed by atoms with Crippen molar-refractivity contribution in [2.45, 2.75) is 6.92 Å². The summed E-state index contributed by atoms with van der Waals surface area (Å²) in [5.74, 6) is -0.402. The molecule has 18 heavy (non-hydrogen) atoms. The van der Waals surface area contributed by atoms with Crippen molar-refractivity contribution >= 4 is 23.1 Å². The molecule has 96 valence electrons. The molecule has 1 aliphatic rings. The van der Waals surface area contributed by atoms with E-state index in [0.29, 0.717) is 16.7 Å². The van der Waals surface area contributed by atoms with Crippen molar-refractivity contribution in [1.82, 2.24) is 0 Å². The van der Waals surface area contributed by atoms with Gasteiger partial charge in [-0.25, -0.2) is 0 Å². The second-order valence-corrected chi connectivity index (χ2v) is 6.55. The third-order valence-electron chi connectivity index (χ3n) is 2.77. The molecule has 2 bridgehead atoms. The van der Waals surface area contributed by atoms with Crippen molar-refractivity contribution in [2.75, 3.05) is 9.36 Å². The van der Waals surface area contributed by atoms with Crippen molar-refractivity contribution in [2.24, 2.45) is 5.92 Å². The molecule has 2 aromatic rings. The van der Waals surface area contributed by atoms with E-state index in [2.05, 4.69) is 4.93 Å². The van der Waals surface area contributed by atoms with Crippen LogP contribution in [0.3, 0.4) is 0 Å².